The third-order valence-corrected chi connectivity index (χ3v) is 4.01. The molecule has 4 nitrogen and oxygen atoms in total. The van der Waals surface area contributed by atoms with Crippen LogP contribution in [0.2, 0.25) is 5.02 Å². The number of nitrogens with zero attached hydrogens (tertiary/aromatic N) is 2. The van der Waals surface area contributed by atoms with Gasteiger partial charge >= 0.3 is 0 Å². The van der Waals surface area contributed by atoms with E-state index in [4.69, 9.17) is 17.4 Å². The highest BCUT2D eigenvalue weighted by atomic mass is 35.5. The molecule has 0 radical (unpaired) electrons. The molecule has 5 heteroatoms. The predicted molar refractivity (Wildman–Crippen MR) is 85.9 cm³/mol. The molecule has 3 rings (SSSR count). The molecule has 1 heterocycles. The molecule has 0 saturated carbocycles. The first-order valence-corrected chi connectivity index (χ1v) is 7.18. The largest absolute Gasteiger partial charge is 0.271 e. The lowest BCUT2D eigenvalue weighted by Gasteiger charge is -2.17. The normalized spacial score (nSPS) is 12.7. The molecule has 0 aliphatic carbocycles. The van der Waals surface area contributed by atoms with Crippen LogP contribution in [0.15, 0.2) is 48.7 Å². The molecule has 0 aliphatic heterocycles. The lowest BCUT2D eigenvalue weighted by atomic mass is 10.0. The molecule has 0 aliphatic rings. The van der Waals surface area contributed by atoms with Crippen LogP contribution in [-0.2, 0) is 13.5 Å². The van der Waals surface area contributed by atoms with Gasteiger partial charge in [-0.1, -0.05) is 54.1 Å². The van der Waals surface area contributed by atoms with E-state index in [9.17, 15) is 0 Å². The third kappa shape index (κ3) is 2.78. The standard InChI is InChI=1S/C16H17ClN4/c1-21-16(14(17)10-19-21)15(20-18)9-11-6-7-12-4-2-3-5-13(12)8-11/h2-8,10,15,20H,9,18H2,1H3. The zero-order valence-electron chi connectivity index (χ0n) is 11.8. The van der Waals surface area contributed by atoms with Crippen molar-refractivity contribution in [2.24, 2.45) is 12.9 Å². The van der Waals surface area contributed by atoms with Gasteiger partial charge in [0.2, 0.25) is 0 Å². The summed E-state index contributed by atoms with van der Waals surface area (Å²) < 4.78 is 1.76. The average Bonchev–Trinajstić information content (AvgIpc) is 2.84. The highest BCUT2D eigenvalue weighted by Crippen LogP contribution is 2.26. The van der Waals surface area contributed by atoms with E-state index in [0.717, 1.165) is 12.1 Å². The first kappa shape index (κ1) is 14.1. The summed E-state index contributed by atoms with van der Waals surface area (Å²) in [5.74, 6) is 5.71. The lowest BCUT2D eigenvalue weighted by Crippen LogP contribution is -2.31. The Hall–Kier alpha value is -1.88. The molecule has 1 aromatic heterocycles. The fourth-order valence-corrected chi connectivity index (χ4v) is 2.95. The van der Waals surface area contributed by atoms with Gasteiger partial charge in [0.25, 0.3) is 0 Å². The van der Waals surface area contributed by atoms with Crippen LogP contribution in [0.4, 0.5) is 0 Å². The smallest absolute Gasteiger partial charge is 0.0834 e. The van der Waals surface area contributed by atoms with Gasteiger partial charge in [0.15, 0.2) is 0 Å². The topological polar surface area (TPSA) is 55.9 Å². The van der Waals surface area contributed by atoms with Crippen molar-refractivity contribution in [2.75, 3.05) is 0 Å². The summed E-state index contributed by atoms with van der Waals surface area (Å²) in [4.78, 5) is 0. The number of hydrogen-bond donors (Lipinski definition) is 2. The maximum Gasteiger partial charge on any atom is 0.0834 e. The van der Waals surface area contributed by atoms with Crippen LogP contribution >= 0.6 is 11.6 Å². The Bertz CT molecular complexity index is 746. The van der Waals surface area contributed by atoms with Gasteiger partial charge in [0.1, 0.15) is 0 Å². The zero-order valence-corrected chi connectivity index (χ0v) is 12.5. The van der Waals surface area contributed by atoms with Crippen molar-refractivity contribution in [1.82, 2.24) is 15.2 Å². The van der Waals surface area contributed by atoms with E-state index < -0.39 is 0 Å². The Morgan fingerprint density at radius 3 is 2.67 bits per heavy atom. The van der Waals surface area contributed by atoms with E-state index in [1.165, 1.54) is 16.3 Å². The number of fused-ring (bicyclic) bond motifs is 1. The predicted octanol–water partition coefficient (Wildman–Crippen LogP) is 2.97. The van der Waals surface area contributed by atoms with E-state index >= 15 is 0 Å². The molecule has 0 fully saturated rings. The first-order chi connectivity index (χ1) is 10.2. The minimum Gasteiger partial charge on any atom is -0.271 e. The fourth-order valence-electron chi connectivity index (χ4n) is 2.65. The zero-order chi connectivity index (χ0) is 14.8. The molecule has 1 unspecified atom stereocenters. The molecule has 0 spiro atoms. The molecular formula is C16H17ClN4. The SMILES string of the molecule is Cn1ncc(Cl)c1C(Cc1ccc2ccccc2c1)NN. The number of rotatable bonds is 4. The van der Waals surface area contributed by atoms with Crippen molar-refractivity contribution in [3.8, 4) is 0 Å². The number of benzene rings is 2. The Morgan fingerprint density at radius 1 is 1.24 bits per heavy atom. The van der Waals surface area contributed by atoms with Gasteiger partial charge in [-0.15, -0.1) is 0 Å². The van der Waals surface area contributed by atoms with Gasteiger partial charge < -0.3 is 0 Å². The second-order valence-electron chi connectivity index (χ2n) is 5.11. The van der Waals surface area contributed by atoms with Gasteiger partial charge in [0.05, 0.1) is 23.0 Å². The second-order valence-corrected chi connectivity index (χ2v) is 5.51. The number of aryl methyl sites for hydroxylation is 1. The van der Waals surface area contributed by atoms with Gasteiger partial charge in [-0.2, -0.15) is 5.10 Å². The summed E-state index contributed by atoms with van der Waals surface area (Å²) in [6.45, 7) is 0. The Balaban J connectivity index is 1.92. The van der Waals surface area contributed by atoms with Crippen LogP contribution in [-0.4, -0.2) is 9.78 Å². The van der Waals surface area contributed by atoms with Crippen LogP contribution in [0.5, 0.6) is 0 Å². The Kier molecular flexibility index (Phi) is 3.92. The molecule has 0 bridgehead atoms. The van der Waals surface area contributed by atoms with Crippen LogP contribution in [0.1, 0.15) is 17.3 Å². The van der Waals surface area contributed by atoms with Crippen molar-refractivity contribution >= 4 is 22.4 Å². The van der Waals surface area contributed by atoms with Crippen molar-refractivity contribution < 1.29 is 0 Å². The van der Waals surface area contributed by atoms with Crippen molar-refractivity contribution in [3.05, 3.63) is 64.9 Å². The number of hydrazine groups is 1. The molecular weight excluding hydrogens is 284 g/mol. The minimum absolute atomic E-state index is 0.0776. The first-order valence-electron chi connectivity index (χ1n) is 6.80. The molecule has 1 atom stereocenters. The number of nitrogens with two attached hydrogens (primary N) is 1. The summed E-state index contributed by atoms with van der Waals surface area (Å²) in [6, 6.07) is 14.7. The Labute approximate surface area is 128 Å². The minimum atomic E-state index is -0.0776. The number of hydrogen-bond acceptors (Lipinski definition) is 3. The Morgan fingerprint density at radius 2 is 2.00 bits per heavy atom. The molecule has 2 aromatic carbocycles. The van der Waals surface area contributed by atoms with Crippen molar-refractivity contribution in [2.45, 2.75) is 12.5 Å². The van der Waals surface area contributed by atoms with Crippen LogP contribution in [0.25, 0.3) is 10.8 Å². The third-order valence-electron chi connectivity index (χ3n) is 3.72. The summed E-state index contributed by atoms with van der Waals surface area (Å²) >= 11 is 6.20. The molecule has 3 N–H and O–H groups in total. The number of halogens is 1. The highest BCUT2D eigenvalue weighted by molar-refractivity contribution is 6.31. The van der Waals surface area contributed by atoms with Gasteiger partial charge in [-0.05, 0) is 22.8 Å². The highest BCUT2D eigenvalue weighted by Gasteiger charge is 2.18. The average molecular weight is 301 g/mol. The number of nitrogens with one attached hydrogen (secondary N) is 1. The van der Waals surface area contributed by atoms with Crippen LogP contribution in [0, 0.1) is 0 Å². The quantitative estimate of drug-likeness (QED) is 0.575. The number of aromatic nitrogens is 2. The summed E-state index contributed by atoms with van der Waals surface area (Å²) in [7, 11) is 1.87. The maximum atomic E-state index is 6.20. The van der Waals surface area contributed by atoms with Crippen molar-refractivity contribution in [3.63, 3.8) is 0 Å². The van der Waals surface area contributed by atoms with E-state index in [-0.39, 0.29) is 6.04 Å². The summed E-state index contributed by atoms with van der Waals surface area (Å²) in [5.41, 5.74) is 4.94. The molecule has 3 aromatic rings. The second kappa shape index (κ2) is 5.85. The summed E-state index contributed by atoms with van der Waals surface area (Å²) in [6.07, 6.45) is 2.39. The molecule has 0 saturated heterocycles. The molecule has 0 amide bonds. The van der Waals surface area contributed by atoms with Crippen LogP contribution in [0.3, 0.4) is 0 Å². The van der Waals surface area contributed by atoms with E-state index in [0.29, 0.717) is 5.02 Å². The van der Waals surface area contributed by atoms with Crippen LogP contribution < -0.4 is 11.3 Å². The molecule has 21 heavy (non-hydrogen) atoms. The van der Waals surface area contributed by atoms with E-state index in [2.05, 4.69) is 40.9 Å². The lowest BCUT2D eigenvalue weighted by molar-refractivity contribution is 0.509. The van der Waals surface area contributed by atoms with Gasteiger partial charge in [0, 0.05) is 7.05 Å². The fraction of sp³-hybridized carbons (Fsp3) is 0.188. The van der Waals surface area contributed by atoms with Gasteiger partial charge in [-0.3, -0.25) is 16.0 Å². The summed E-state index contributed by atoms with van der Waals surface area (Å²) in [5, 5.41) is 7.25. The van der Waals surface area contributed by atoms with E-state index in [1.807, 2.05) is 19.2 Å². The molecule has 108 valence electrons. The van der Waals surface area contributed by atoms with Gasteiger partial charge in [-0.25, -0.2) is 0 Å². The monoisotopic (exact) mass is 300 g/mol. The maximum absolute atomic E-state index is 6.20. The van der Waals surface area contributed by atoms with E-state index in [1.54, 1.807) is 10.9 Å². The van der Waals surface area contributed by atoms with Crippen molar-refractivity contribution in [1.29, 1.82) is 0 Å².